The molecule has 1 rings (SSSR count). The third-order valence-corrected chi connectivity index (χ3v) is 2.27. The monoisotopic (exact) mass is 222 g/mol. The minimum absolute atomic E-state index is 0.0222. The van der Waals surface area contributed by atoms with Crippen LogP contribution in [-0.4, -0.2) is 22.6 Å². The molecule has 2 N–H and O–H groups in total. The summed E-state index contributed by atoms with van der Waals surface area (Å²) in [5, 5.41) is 11.4. The van der Waals surface area contributed by atoms with E-state index < -0.39 is 0 Å². The summed E-state index contributed by atoms with van der Waals surface area (Å²) < 4.78 is 0. The van der Waals surface area contributed by atoms with Crippen LogP contribution in [0.5, 0.6) is 0 Å². The van der Waals surface area contributed by atoms with E-state index in [0.29, 0.717) is 19.4 Å². The molecule has 1 aromatic heterocycles. The first kappa shape index (κ1) is 12.6. The van der Waals surface area contributed by atoms with E-state index in [4.69, 9.17) is 5.11 Å². The van der Waals surface area contributed by atoms with Gasteiger partial charge in [0.25, 0.3) is 0 Å². The molecule has 16 heavy (non-hydrogen) atoms. The van der Waals surface area contributed by atoms with E-state index in [2.05, 4.69) is 10.3 Å². The van der Waals surface area contributed by atoms with Crippen LogP contribution in [0.15, 0.2) is 18.3 Å². The summed E-state index contributed by atoms with van der Waals surface area (Å²) in [5.74, 6) is 0.0222. The Morgan fingerprint density at radius 1 is 1.44 bits per heavy atom. The van der Waals surface area contributed by atoms with Crippen molar-refractivity contribution in [3.05, 3.63) is 29.6 Å². The highest BCUT2D eigenvalue weighted by molar-refractivity contribution is 5.75. The van der Waals surface area contributed by atoms with Crippen molar-refractivity contribution in [1.29, 1.82) is 0 Å². The molecule has 0 atom stereocenters. The fourth-order valence-electron chi connectivity index (χ4n) is 1.29. The molecule has 4 nitrogen and oxygen atoms in total. The molecule has 0 spiro atoms. The van der Waals surface area contributed by atoms with Gasteiger partial charge in [-0.1, -0.05) is 6.07 Å². The zero-order valence-electron chi connectivity index (χ0n) is 9.57. The summed E-state index contributed by atoms with van der Waals surface area (Å²) in [6.45, 7) is 2.59. The van der Waals surface area contributed by atoms with E-state index in [1.807, 2.05) is 19.1 Å². The van der Waals surface area contributed by atoms with Gasteiger partial charge in [-0.05, 0) is 31.4 Å². The van der Waals surface area contributed by atoms with Gasteiger partial charge in [0.1, 0.15) is 0 Å². The number of nitrogens with one attached hydrogen (secondary N) is 1. The normalized spacial score (nSPS) is 10.1. The molecule has 0 unspecified atom stereocenters. The molecule has 0 aromatic carbocycles. The van der Waals surface area contributed by atoms with Crippen molar-refractivity contribution in [2.75, 3.05) is 6.61 Å². The maximum atomic E-state index is 11.3. The van der Waals surface area contributed by atoms with Gasteiger partial charge in [-0.3, -0.25) is 9.78 Å². The molecule has 1 heterocycles. The Balaban J connectivity index is 2.23. The molecule has 0 saturated heterocycles. The lowest BCUT2D eigenvalue weighted by atomic mass is 10.2. The number of carbonyl (C=O) groups is 1. The first-order chi connectivity index (χ1) is 7.72. The molecule has 0 aliphatic rings. The second kappa shape index (κ2) is 6.95. The number of carbonyl (C=O) groups excluding carboxylic acids is 1. The number of aliphatic hydroxyl groups excluding tert-OH is 1. The molecule has 0 fully saturated rings. The predicted molar refractivity (Wildman–Crippen MR) is 61.8 cm³/mol. The van der Waals surface area contributed by atoms with Crippen LogP contribution in [0.3, 0.4) is 0 Å². The standard InChI is InChI=1S/C12H18N2O2/c1-10-5-6-11(8-13-10)9-14-12(16)4-2-3-7-15/h5-6,8,15H,2-4,7,9H2,1H3,(H,14,16). The molecule has 0 radical (unpaired) electrons. The SMILES string of the molecule is Cc1ccc(CNC(=O)CCCCO)cn1. The quantitative estimate of drug-likeness (QED) is 0.710. The molecule has 0 aliphatic heterocycles. The second-order valence-corrected chi connectivity index (χ2v) is 3.77. The van der Waals surface area contributed by atoms with Crippen LogP contribution in [-0.2, 0) is 11.3 Å². The summed E-state index contributed by atoms with van der Waals surface area (Å²) >= 11 is 0. The first-order valence-corrected chi connectivity index (χ1v) is 5.51. The van der Waals surface area contributed by atoms with E-state index >= 15 is 0 Å². The number of aliphatic hydroxyl groups is 1. The van der Waals surface area contributed by atoms with Crippen LogP contribution in [0, 0.1) is 6.92 Å². The Morgan fingerprint density at radius 3 is 2.88 bits per heavy atom. The van der Waals surface area contributed by atoms with Crippen molar-refractivity contribution in [2.24, 2.45) is 0 Å². The molecule has 88 valence electrons. The van der Waals surface area contributed by atoms with Gasteiger partial charge in [0, 0.05) is 31.5 Å². The number of hydrogen-bond acceptors (Lipinski definition) is 3. The number of pyridine rings is 1. The Labute approximate surface area is 95.7 Å². The summed E-state index contributed by atoms with van der Waals surface area (Å²) in [7, 11) is 0. The van der Waals surface area contributed by atoms with Gasteiger partial charge in [0.2, 0.25) is 5.91 Å². The number of amides is 1. The number of unbranched alkanes of at least 4 members (excludes halogenated alkanes) is 1. The molecule has 1 amide bonds. The predicted octanol–water partition coefficient (Wildman–Crippen LogP) is 1.17. The van der Waals surface area contributed by atoms with Crippen molar-refractivity contribution in [2.45, 2.75) is 32.7 Å². The second-order valence-electron chi connectivity index (χ2n) is 3.77. The Bertz CT molecular complexity index is 322. The first-order valence-electron chi connectivity index (χ1n) is 5.51. The minimum Gasteiger partial charge on any atom is -0.396 e. The fraction of sp³-hybridized carbons (Fsp3) is 0.500. The summed E-state index contributed by atoms with van der Waals surface area (Å²) in [6.07, 6.45) is 3.65. The van der Waals surface area contributed by atoms with Crippen LogP contribution in [0.25, 0.3) is 0 Å². The maximum absolute atomic E-state index is 11.3. The zero-order valence-corrected chi connectivity index (χ0v) is 9.57. The molecule has 0 bridgehead atoms. The number of rotatable bonds is 6. The van der Waals surface area contributed by atoms with Gasteiger partial charge >= 0.3 is 0 Å². The Morgan fingerprint density at radius 2 is 2.25 bits per heavy atom. The van der Waals surface area contributed by atoms with Crippen LogP contribution in [0.4, 0.5) is 0 Å². The van der Waals surface area contributed by atoms with Crippen LogP contribution in [0.1, 0.15) is 30.5 Å². The fourth-order valence-corrected chi connectivity index (χ4v) is 1.29. The summed E-state index contributed by atoms with van der Waals surface area (Å²) in [4.78, 5) is 15.5. The van der Waals surface area contributed by atoms with Gasteiger partial charge < -0.3 is 10.4 Å². The van der Waals surface area contributed by atoms with Gasteiger partial charge in [-0.15, -0.1) is 0 Å². The van der Waals surface area contributed by atoms with Crippen molar-refractivity contribution < 1.29 is 9.90 Å². The van der Waals surface area contributed by atoms with E-state index in [9.17, 15) is 4.79 Å². The Kier molecular flexibility index (Phi) is 5.50. The number of aryl methyl sites for hydroxylation is 1. The van der Waals surface area contributed by atoms with Crippen LogP contribution < -0.4 is 5.32 Å². The number of nitrogens with zero attached hydrogens (tertiary/aromatic N) is 1. The lowest BCUT2D eigenvalue weighted by molar-refractivity contribution is -0.121. The summed E-state index contributed by atoms with van der Waals surface area (Å²) in [6, 6.07) is 3.88. The van der Waals surface area contributed by atoms with Crippen molar-refractivity contribution >= 4 is 5.91 Å². The molecule has 0 saturated carbocycles. The third kappa shape index (κ3) is 4.89. The minimum atomic E-state index is 0.0222. The molecule has 1 aromatic rings. The van der Waals surface area contributed by atoms with E-state index in [1.54, 1.807) is 6.20 Å². The van der Waals surface area contributed by atoms with Crippen molar-refractivity contribution in [3.63, 3.8) is 0 Å². The summed E-state index contributed by atoms with van der Waals surface area (Å²) in [5.41, 5.74) is 1.97. The number of hydrogen-bond donors (Lipinski definition) is 2. The molecular weight excluding hydrogens is 204 g/mol. The van der Waals surface area contributed by atoms with Crippen LogP contribution in [0.2, 0.25) is 0 Å². The van der Waals surface area contributed by atoms with E-state index in [0.717, 1.165) is 17.7 Å². The zero-order chi connectivity index (χ0) is 11.8. The molecular formula is C12H18N2O2. The van der Waals surface area contributed by atoms with Gasteiger partial charge in [-0.25, -0.2) is 0 Å². The van der Waals surface area contributed by atoms with E-state index in [-0.39, 0.29) is 12.5 Å². The highest BCUT2D eigenvalue weighted by Gasteiger charge is 2.00. The van der Waals surface area contributed by atoms with Crippen LogP contribution >= 0.6 is 0 Å². The highest BCUT2D eigenvalue weighted by Crippen LogP contribution is 1.99. The lowest BCUT2D eigenvalue weighted by Crippen LogP contribution is -2.22. The lowest BCUT2D eigenvalue weighted by Gasteiger charge is -2.04. The van der Waals surface area contributed by atoms with Crippen molar-refractivity contribution in [3.8, 4) is 0 Å². The smallest absolute Gasteiger partial charge is 0.220 e. The van der Waals surface area contributed by atoms with Crippen molar-refractivity contribution in [1.82, 2.24) is 10.3 Å². The van der Waals surface area contributed by atoms with Gasteiger partial charge in [-0.2, -0.15) is 0 Å². The highest BCUT2D eigenvalue weighted by atomic mass is 16.2. The molecule has 0 aliphatic carbocycles. The Hall–Kier alpha value is -1.42. The average Bonchev–Trinajstić information content (AvgIpc) is 2.29. The van der Waals surface area contributed by atoms with Gasteiger partial charge in [0.15, 0.2) is 0 Å². The third-order valence-electron chi connectivity index (χ3n) is 2.27. The maximum Gasteiger partial charge on any atom is 0.220 e. The number of aromatic nitrogens is 1. The average molecular weight is 222 g/mol. The largest absolute Gasteiger partial charge is 0.396 e. The van der Waals surface area contributed by atoms with Gasteiger partial charge in [0.05, 0.1) is 0 Å². The molecule has 4 heteroatoms. The topological polar surface area (TPSA) is 62.2 Å². The van der Waals surface area contributed by atoms with E-state index in [1.165, 1.54) is 0 Å².